The highest BCUT2D eigenvalue weighted by molar-refractivity contribution is 8.26. The van der Waals surface area contributed by atoms with Crippen molar-refractivity contribution in [2.24, 2.45) is 0 Å². The minimum Gasteiger partial charge on any atom is -0.288 e. The lowest BCUT2D eigenvalue weighted by molar-refractivity contribution is -0.122. The molecule has 0 unspecified atom stereocenters. The summed E-state index contributed by atoms with van der Waals surface area (Å²) in [5.41, 5.74) is 1.84. The highest BCUT2D eigenvalue weighted by Gasteiger charge is 2.31. The maximum absolute atomic E-state index is 12.4. The van der Waals surface area contributed by atoms with Crippen molar-refractivity contribution in [3.05, 3.63) is 65.1 Å². The molecule has 0 radical (unpaired) electrons. The van der Waals surface area contributed by atoms with Gasteiger partial charge < -0.3 is 0 Å². The van der Waals surface area contributed by atoms with Gasteiger partial charge in [0.15, 0.2) is 0 Å². The highest BCUT2D eigenvalue weighted by atomic mass is 32.2. The smallest absolute Gasteiger partial charge is 0.266 e. The van der Waals surface area contributed by atoms with Crippen LogP contribution in [0.4, 0.5) is 0 Å². The normalized spacial score (nSPS) is 16.8. The van der Waals surface area contributed by atoms with Crippen molar-refractivity contribution < 1.29 is 4.79 Å². The molecule has 6 heteroatoms. The third-order valence-corrected chi connectivity index (χ3v) is 4.30. The molecule has 3 heterocycles. The molecule has 2 aromatic heterocycles. The molecule has 0 spiro atoms. The molecule has 0 atom stereocenters. The van der Waals surface area contributed by atoms with E-state index >= 15 is 0 Å². The van der Waals surface area contributed by atoms with Gasteiger partial charge >= 0.3 is 0 Å². The molecule has 0 aromatic carbocycles. The molecule has 1 fully saturated rings. The van der Waals surface area contributed by atoms with Gasteiger partial charge in [-0.1, -0.05) is 36.1 Å². The number of nitrogens with zero attached hydrogens (tertiary/aromatic N) is 3. The number of amides is 1. The third kappa shape index (κ3) is 3.17. The monoisotopic (exact) mass is 313 g/mol. The van der Waals surface area contributed by atoms with Crippen LogP contribution in [-0.2, 0) is 11.3 Å². The fraction of sp³-hybridized carbons (Fsp3) is 0.0667. The predicted molar refractivity (Wildman–Crippen MR) is 87.2 cm³/mol. The molecule has 0 bridgehead atoms. The van der Waals surface area contributed by atoms with E-state index in [1.807, 2.05) is 30.3 Å². The van der Waals surface area contributed by atoms with E-state index in [1.54, 1.807) is 29.7 Å². The van der Waals surface area contributed by atoms with Crippen LogP contribution in [0.2, 0.25) is 0 Å². The summed E-state index contributed by atoms with van der Waals surface area (Å²) in [6.07, 6.45) is 8.67. The molecular weight excluding hydrogens is 302 g/mol. The summed E-state index contributed by atoms with van der Waals surface area (Å²) in [6.45, 7) is 0.447. The molecule has 1 amide bonds. The summed E-state index contributed by atoms with van der Waals surface area (Å²) >= 11 is 6.62. The fourth-order valence-electron chi connectivity index (χ4n) is 1.92. The predicted octanol–water partition coefficient (Wildman–Crippen LogP) is 2.88. The second-order valence-corrected chi connectivity index (χ2v) is 6.09. The van der Waals surface area contributed by atoms with E-state index < -0.39 is 0 Å². The number of thiocarbonyl (C=S) groups is 1. The number of pyridine rings is 2. The van der Waals surface area contributed by atoms with Crippen molar-refractivity contribution in [3.8, 4) is 0 Å². The van der Waals surface area contributed by atoms with Gasteiger partial charge in [-0.3, -0.25) is 19.7 Å². The Bertz CT molecular complexity index is 701. The van der Waals surface area contributed by atoms with E-state index in [-0.39, 0.29) is 5.91 Å². The van der Waals surface area contributed by atoms with E-state index in [2.05, 4.69) is 9.97 Å². The van der Waals surface area contributed by atoms with Crippen LogP contribution in [0.25, 0.3) is 6.08 Å². The van der Waals surface area contributed by atoms with E-state index in [9.17, 15) is 4.79 Å². The molecule has 1 aliphatic rings. The molecule has 21 heavy (non-hydrogen) atoms. The molecule has 1 aliphatic heterocycles. The summed E-state index contributed by atoms with van der Waals surface area (Å²) in [4.78, 5) is 22.7. The van der Waals surface area contributed by atoms with Gasteiger partial charge in [0, 0.05) is 24.8 Å². The number of rotatable bonds is 3. The zero-order valence-electron chi connectivity index (χ0n) is 11.0. The Morgan fingerprint density at radius 3 is 2.62 bits per heavy atom. The fourth-order valence-corrected chi connectivity index (χ4v) is 3.18. The van der Waals surface area contributed by atoms with Crippen LogP contribution in [-0.4, -0.2) is 25.1 Å². The van der Waals surface area contributed by atoms with Gasteiger partial charge in [-0.2, -0.15) is 0 Å². The van der Waals surface area contributed by atoms with Crippen molar-refractivity contribution in [2.75, 3.05) is 0 Å². The maximum atomic E-state index is 12.4. The molecular formula is C15H11N3OS2. The summed E-state index contributed by atoms with van der Waals surface area (Å²) in [5, 5.41) is 0. The minimum absolute atomic E-state index is 0.0716. The Labute approximate surface area is 131 Å². The third-order valence-electron chi connectivity index (χ3n) is 2.92. The average Bonchev–Trinajstić information content (AvgIpc) is 2.77. The van der Waals surface area contributed by atoms with Crippen LogP contribution in [0.1, 0.15) is 11.1 Å². The Kier molecular flexibility index (Phi) is 4.08. The standard InChI is InChI=1S/C15H11N3OS2/c19-14-13(7-11-3-1-5-16-8-11)21-15(20)18(14)10-12-4-2-6-17-9-12/h1-9H,10H2. The first-order chi connectivity index (χ1) is 10.2. The van der Waals surface area contributed by atoms with Gasteiger partial charge in [0.05, 0.1) is 11.4 Å². The number of hydrogen-bond acceptors (Lipinski definition) is 5. The van der Waals surface area contributed by atoms with Gasteiger partial charge in [0.2, 0.25) is 0 Å². The molecule has 0 aliphatic carbocycles. The molecule has 0 N–H and O–H groups in total. The lowest BCUT2D eigenvalue weighted by Gasteiger charge is -2.13. The van der Waals surface area contributed by atoms with Crippen LogP contribution in [0.3, 0.4) is 0 Å². The topological polar surface area (TPSA) is 46.1 Å². The van der Waals surface area contributed by atoms with Gasteiger partial charge in [-0.15, -0.1) is 0 Å². The van der Waals surface area contributed by atoms with Crippen molar-refractivity contribution in [2.45, 2.75) is 6.54 Å². The van der Waals surface area contributed by atoms with Crippen molar-refractivity contribution in [1.82, 2.24) is 14.9 Å². The molecule has 3 rings (SSSR count). The number of thioether (sulfide) groups is 1. The van der Waals surface area contributed by atoms with Crippen LogP contribution >= 0.6 is 24.0 Å². The number of carbonyl (C=O) groups is 1. The lowest BCUT2D eigenvalue weighted by Crippen LogP contribution is -2.27. The zero-order valence-corrected chi connectivity index (χ0v) is 12.6. The van der Waals surface area contributed by atoms with E-state index in [0.717, 1.165) is 11.1 Å². The van der Waals surface area contributed by atoms with E-state index in [1.165, 1.54) is 11.8 Å². The first kappa shape index (κ1) is 13.9. The molecule has 104 valence electrons. The Morgan fingerprint density at radius 1 is 1.19 bits per heavy atom. The quantitative estimate of drug-likeness (QED) is 0.644. The number of carbonyl (C=O) groups excluding carboxylic acids is 1. The summed E-state index contributed by atoms with van der Waals surface area (Å²) in [7, 11) is 0. The zero-order chi connectivity index (χ0) is 14.7. The SMILES string of the molecule is O=C1C(=Cc2cccnc2)SC(=S)N1Cc1cccnc1. The van der Waals surface area contributed by atoms with Crippen LogP contribution in [0, 0.1) is 0 Å². The highest BCUT2D eigenvalue weighted by Crippen LogP contribution is 2.33. The first-order valence-electron chi connectivity index (χ1n) is 6.28. The van der Waals surface area contributed by atoms with Crippen molar-refractivity contribution >= 4 is 40.3 Å². The summed E-state index contributed by atoms with van der Waals surface area (Å²) < 4.78 is 0.569. The van der Waals surface area contributed by atoms with Gasteiger partial charge in [-0.05, 0) is 29.3 Å². The maximum Gasteiger partial charge on any atom is 0.266 e. The lowest BCUT2D eigenvalue weighted by atomic mass is 10.2. The second kappa shape index (κ2) is 6.15. The van der Waals surface area contributed by atoms with Crippen molar-refractivity contribution in [3.63, 3.8) is 0 Å². The van der Waals surface area contributed by atoms with Crippen LogP contribution in [0.15, 0.2) is 54.0 Å². The largest absolute Gasteiger partial charge is 0.288 e. The molecule has 1 saturated heterocycles. The van der Waals surface area contributed by atoms with Crippen LogP contribution < -0.4 is 0 Å². The second-order valence-electron chi connectivity index (χ2n) is 4.42. The van der Waals surface area contributed by atoms with Gasteiger partial charge in [0.25, 0.3) is 5.91 Å². The van der Waals surface area contributed by atoms with E-state index in [4.69, 9.17) is 12.2 Å². The molecule has 0 saturated carbocycles. The minimum atomic E-state index is -0.0716. The van der Waals surface area contributed by atoms with Gasteiger partial charge in [0.1, 0.15) is 4.32 Å². The summed E-state index contributed by atoms with van der Waals surface area (Å²) in [6, 6.07) is 7.51. The van der Waals surface area contributed by atoms with Crippen molar-refractivity contribution in [1.29, 1.82) is 0 Å². The van der Waals surface area contributed by atoms with E-state index in [0.29, 0.717) is 15.8 Å². The Balaban J connectivity index is 1.81. The molecule has 4 nitrogen and oxygen atoms in total. The number of hydrogen-bond donors (Lipinski definition) is 0. The Hall–Kier alpha value is -2.05. The summed E-state index contributed by atoms with van der Waals surface area (Å²) in [5.74, 6) is -0.0716. The van der Waals surface area contributed by atoms with Crippen LogP contribution in [0.5, 0.6) is 0 Å². The number of aromatic nitrogens is 2. The Morgan fingerprint density at radius 2 is 1.95 bits per heavy atom. The van der Waals surface area contributed by atoms with Gasteiger partial charge in [-0.25, -0.2) is 0 Å². The molecule has 2 aromatic rings. The average molecular weight is 313 g/mol. The first-order valence-corrected chi connectivity index (χ1v) is 7.51.